The van der Waals surface area contributed by atoms with Crippen molar-refractivity contribution in [3.05, 3.63) is 69.7 Å². The molecule has 0 fully saturated rings. The van der Waals surface area contributed by atoms with Gasteiger partial charge < -0.3 is 9.64 Å². The summed E-state index contributed by atoms with van der Waals surface area (Å²) >= 11 is 3.48. The average Bonchev–Trinajstić information content (AvgIpc) is 2.53. The van der Waals surface area contributed by atoms with Crippen LogP contribution in [0.1, 0.15) is 43.4 Å². The second-order valence-electron chi connectivity index (χ2n) is 7.38. The number of hydrogen-bond acceptors (Lipinski definition) is 2. The molecule has 0 aromatic heterocycles. The number of hydrogen-bond donors (Lipinski definition) is 0. The number of ether oxygens (including phenoxy) is 1. The molecule has 0 radical (unpaired) electrons. The number of benzene rings is 2. The van der Waals surface area contributed by atoms with Gasteiger partial charge in [-0.3, -0.25) is 0 Å². The number of carbonyl (C=O) groups is 1. The average molecular weight is 404 g/mol. The molecule has 0 N–H and O–H groups in total. The molecular formula is C21H26BrNO2. The lowest BCUT2D eigenvalue weighted by Gasteiger charge is -2.28. The molecule has 0 saturated heterocycles. The Morgan fingerprint density at radius 3 is 2.00 bits per heavy atom. The topological polar surface area (TPSA) is 29.5 Å². The van der Waals surface area contributed by atoms with Crippen molar-refractivity contribution in [2.45, 2.75) is 39.2 Å². The largest absolute Gasteiger partial charge is 0.444 e. The Balaban J connectivity index is 2.27. The molecule has 2 rings (SSSR count). The monoisotopic (exact) mass is 403 g/mol. The fraction of sp³-hybridized carbons (Fsp3) is 0.381. The molecule has 0 bridgehead atoms. The number of likely N-dealkylation sites (N-methyl/N-ethyl adjacent to an activating group) is 1. The van der Waals surface area contributed by atoms with Crippen molar-refractivity contribution < 1.29 is 9.53 Å². The van der Waals surface area contributed by atoms with Crippen molar-refractivity contribution >= 4 is 22.0 Å². The normalized spacial score (nSPS) is 12.6. The highest BCUT2D eigenvalue weighted by atomic mass is 79.9. The van der Waals surface area contributed by atoms with Gasteiger partial charge in [0, 0.05) is 24.0 Å². The van der Waals surface area contributed by atoms with Crippen LogP contribution in [-0.4, -0.2) is 30.2 Å². The van der Waals surface area contributed by atoms with Crippen molar-refractivity contribution in [3.8, 4) is 0 Å². The highest BCUT2D eigenvalue weighted by molar-refractivity contribution is 9.10. The van der Waals surface area contributed by atoms with Crippen LogP contribution in [0.3, 0.4) is 0 Å². The zero-order chi connectivity index (χ0) is 18.6. The first-order valence-electron chi connectivity index (χ1n) is 8.42. The van der Waals surface area contributed by atoms with Crippen molar-refractivity contribution in [1.82, 2.24) is 4.90 Å². The van der Waals surface area contributed by atoms with E-state index in [-0.39, 0.29) is 12.0 Å². The van der Waals surface area contributed by atoms with Gasteiger partial charge in [-0.2, -0.15) is 0 Å². The van der Waals surface area contributed by atoms with Crippen LogP contribution in [0.15, 0.2) is 53.0 Å². The van der Waals surface area contributed by atoms with Crippen LogP contribution in [0.4, 0.5) is 4.79 Å². The quantitative estimate of drug-likeness (QED) is 0.649. The maximum absolute atomic E-state index is 12.4. The van der Waals surface area contributed by atoms with Crippen molar-refractivity contribution in [1.29, 1.82) is 0 Å². The number of halogens is 1. The van der Waals surface area contributed by atoms with Gasteiger partial charge >= 0.3 is 6.09 Å². The minimum absolute atomic E-state index is 0.0891. The van der Waals surface area contributed by atoms with Crippen LogP contribution in [0.5, 0.6) is 0 Å². The van der Waals surface area contributed by atoms with Gasteiger partial charge in [-0.15, -0.1) is 0 Å². The van der Waals surface area contributed by atoms with E-state index in [1.165, 1.54) is 16.7 Å². The second kappa shape index (κ2) is 8.05. The molecule has 0 aliphatic heterocycles. The molecule has 0 saturated carbocycles. The van der Waals surface area contributed by atoms with Crippen molar-refractivity contribution in [2.75, 3.05) is 13.6 Å². The summed E-state index contributed by atoms with van der Waals surface area (Å²) in [7, 11) is 1.79. The van der Waals surface area contributed by atoms with Gasteiger partial charge in [0.05, 0.1) is 0 Å². The summed E-state index contributed by atoms with van der Waals surface area (Å²) in [6, 6.07) is 16.7. The molecule has 1 unspecified atom stereocenters. The SMILES string of the molecule is Cc1ccc(C(CN(C)C(=O)OC(C)(C)C)c2ccc(Br)cc2)cc1. The Morgan fingerprint density at radius 1 is 1.04 bits per heavy atom. The summed E-state index contributed by atoms with van der Waals surface area (Å²) in [5.74, 6) is 0.0891. The third-order valence-corrected chi connectivity index (χ3v) is 4.44. The molecule has 0 aliphatic carbocycles. The molecule has 1 atom stereocenters. The van der Waals surface area contributed by atoms with E-state index in [1.54, 1.807) is 11.9 Å². The van der Waals surface area contributed by atoms with Crippen LogP contribution in [0, 0.1) is 6.92 Å². The zero-order valence-corrected chi connectivity index (χ0v) is 17.1. The first-order chi connectivity index (χ1) is 11.7. The molecule has 0 heterocycles. The van der Waals surface area contributed by atoms with E-state index in [2.05, 4.69) is 59.3 Å². The van der Waals surface area contributed by atoms with E-state index in [0.29, 0.717) is 6.54 Å². The predicted molar refractivity (Wildman–Crippen MR) is 106 cm³/mol. The Morgan fingerprint density at radius 2 is 1.52 bits per heavy atom. The second-order valence-corrected chi connectivity index (χ2v) is 8.29. The Bertz CT molecular complexity index is 657. The number of carbonyl (C=O) groups excluding carboxylic acids is 1. The Hall–Kier alpha value is -1.81. The maximum atomic E-state index is 12.4. The van der Waals surface area contributed by atoms with E-state index in [1.807, 2.05) is 32.9 Å². The third-order valence-electron chi connectivity index (χ3n) is 3.91. The van der Waals surface area contributed by atoms with Gasteiger partial charge in [-0.25, -0.2) is 4.79 Å². The highest BCUT2D eigenvalue weighted by Crippen LogP contribution is 2.27. The molecule has 3 nitrogen and oxygen atoms in total. The molecule has 0 aliphatic rings. The fourth-order valence-corrected chi connectivity index (χ4v) is 2.85. The zero-order valence-electron chi connectivity index (χ0n) is 15.5. The summed E-state index contributed by atoms with van der Waals surface area (Å²) in [6.07, 6.45) is -0.304. The molecular weight excluding hydrogens is 378 g/mol. The fourth-order valence-electron chi connectivity index (χ4n) is 2.59. The number of nitrogens with zero attached hydrogens (tertiary/aromatic N) is 1. The van der Waals surface area contributed by atoms with E-state index in [9.17, 15) is 4.79 Å². The van der Waals surface area contributed by atoms with Gasteiger partial charge in [0.25, 0.3) is 0 Å². The number of rotatable bonds is 4. The lowest BCUT2D eigenvalue weighted by Crippen LogP contribution is -2.36. The first-order valence-corrected chi connectivity index (χ1v) is 9.21. The third kappa shape index (κ3) is 5.89. The van der Waals surface area contributed by atoms with Gasteiger partial charge in [0.2, 0.25) is 0 Å². The molecule has 1 amide bonds. The van der Waals surface area contributed by atoms with E-state index < -0.39 is 5.60 Å². The smallest absolute Gasteiger partial charge is 0.410 e. The number of aryl methyl sites for hydroxylation is 1. The van der Waals surface area contributed by atoms with Crippen LogP contribution in [-0.2, 0) is 4.74 Å². The van der Waals surface area contributed by atoms with Crippen LogP contribution in [0.2, 0.25) is 0 Å². The summed E-state index contributed by atoms with van der Waals surface area (Å²) in [4.78, 5) is 14.0. The molecule has 25 heavy (non-hydrogen) atoms. The first kappa shape index (κ1) is 19.5. The molecule has 2 aromatic carbocycles. The Labute approximate surface area is 159 Å². The van der Waals surface area contributed by atoms with Crippen LogP contribution in [0.25, 0.3) is 0 Å². The predicted octanol–water partition coefficient (Wildman–Crippen LogP) is 5.76. The minimum atomic E-state index is -0.498. The van der Waals surface area contributed by atoms with Crippen LogP contribution < -0.4 is 0 Å². The van der Waals surface area contributed by atoms with Gasteiger partial charge in [-0.1, -0.05) is 57.9 Å². The molecule has 2 aromatic rings. The minimum Gasteiger partial charge on any atom is -0.444 e. The summed E-state index contributed by atoms with van der Waals surface area (Å²) < 4.78 is 6.53. The van der Waals surface area contributed by atoms with Gasteiger partial charge in [0.1, 0.15) is 5.60 Å². The van der Waals surface area contributed by atoms with E-state index >= 15 is 0 Å². The Kier molecular flexibility index (Phi) is 6.28. The van der Waals surface area contributed by atoms with Gasteiger partial charge in [0.15, 0.2) is 0 Å². The summed E-state index contributed by atoms with van der Waals surface area (Å²) in [5.41, 5.74) is 3.08. The summed E-state index contributed by atoms with van der Waals surface area (Å²) in [6.45, 7) is 8.27. The molecule has 134 valence electrons. The van der Waals surface area contributed by atoms with E-state index in [0.717, 1.165) is 4.47 Å². The van der Waals surface area contributed by atoms with Crippen molar-refractivity contribution in [2.24, 2.45) is 0 Å². The van der Waals surface area contributed by atoms with E-state index in [4.69, 9.17) is 4.74 Å². The van der Waals surface area contributed by atoms with Gasteiger partial charge in [-0.05, 0) is 51.0 Å². The van der Waals surface area contributed by atoms with Crippen LogP contribution >= 0.6 is 15.9 Å². The lowest BCUT2D eigenvalue weighted by atomic mass is 9.90. The highest BCUT2D eigenvalue weighted by Gasteiger charge is 2.23. The molecule has 0 spiro atoms. The molecule has 4 heteroatoms. The number of amides is 1. The lowest BCUT2D eigenvalue weighted by molar-refractivity contribution is 0.0294. The standard InChI is InChI=1S/C21H26BrNO2/c1-15-6-8-16(9-7-15)19(17-10-12-18(22)13-11-17)14-23(5)20(24)25-21(2,3)4/h6-13,19H,14H2,1-5H3. The summed E-state index contributed by atoms with van der Waals surface area (Å²) in [5, 5.41) is 0. The van der Waals surface area contributed by atoms with Crippen molar-refractivity contribution in [3.63, 3.8) is 0 Å². The maximum Gasteiger partial charge on any atom is 0.410 e.